The number of hydrogen-bond acceptors (Lipinski definition) is 4. The SMILES string of the molecule is CC1=NCc2c1cnnc2Cc1ccco1. The van der Waals surface area contributed by atoms with Gasteiger partial charge in [0.1, 0.15) is 5.76 Å². The lowest BCUT2D eigenvalue weighted by molar-refractivity contribution is 0.517. The van der Waals surface area contributed by atoms with Crippen LogP contribution in [0.1, 0.15) is 29.5 Å². The van der Waals surface area contributed by atoms with Crippen LogP contribution in [0.15, 0.2) is 34.0 Å². The fraction of sp³-hybridized carbons (Fsp3) is 0.250. The van der Waals surface area contributed by atoms with Crippen molar-refractivity contribution in [3.05, 3.63) is 47.2 Å². The number of aromatic nitrogens is 2. The second kappa shape index (κ2) is 3.56. The summed E-state index contributed by atoms with van der Waals surface area (Å²) < 4.78 is 5.32. The molecule has 0 bridgehead atoms. The molecule has 4 nitrogen and oxygen atoms in total. The van der Waals surface area contributed by atoms with E-state index in [9.17, 15) is 0 Å². The van der Waals surface area contributed by atoms with Crippen molar-refractivity contribution < 1.29 is 4.42 Å². The van der Waals surface area contributed by atoms with E-state index in [1.54, 1.807) is 12.5 Å². The normalized spacial score (nSPS) is 13.7. The maximum atomic E-state index is 5.32. The summed E-state index contributed by atoms with van der Waals surface area (Å²) >= 11 is 0. The Morgan fingerprint density at radius 3 is 3.19 bits per heavy atom. The van der Waals surface area contributed by atoms with Crippen molar-refractivity contribution in [2.24, 2.45) is 4.99 Å². The molecule has 3 heterocycles. The zero-order valence-electron chi connectivity index (χ0n) is 8.97. The molecule has 0 spiro atoms. The van der Waals surface area contributed by atoms with E-state index in [0.717, 1.165) is 22.7 Å². The monoisotopic (exact) mass is 213 g/mol. The Kier molecular flexibility index (Phi) is 2.06. The molecule has 2 aromatic rings. The van der Waals surface area contributed by atoms with Crippen LogP contribution in [0.25, 0.3) is 0 Å². The quantitative estimate of drug-likeness (QED) is 0.766. The van der Waals surface area contributed by atoms with Gasteiger partial charge in [0.15, 0.2) is 0 Å². The van der Waals surface area contributed by atoms with Gasteiger partial charge >= 0.3 is 0 Å². The molecule has 0 aromatic carbocycles. The first-order chi connectivity index (χ1) is 7.84. The van der Waals surface area contributed by atoms with Crippen LogP contribution in [0.3, 0.4) is 0 Å². The summed E-state index contributed by atoms with van der Waals surface area (Å²) in [5.41, 5.74) is 4.32. The third kappa shape index (κ3) is 1.43. The average Bonchev–Trinajstić information content (AvgIpc) is 2.90. The van der Waals surface area contributed by atoms with Crippen LogP contribution < -0.4 is 0 Å². The van der Waals surface area contributed by atoms with E-state index < -0.39 is 0 Å². The first kappa shape index (κ1) is 9.27. The molecule has 0 N–H and O–H groups in total. The van der Waals surface area contributed by atoms with Gasteiger partial charge in [-0.15, -0.1) is 0 Å². The highest BCUT2D eigenvalue weighted by Crippen LogP contribution is 2.22. The summed E-state index contributed by atoms with van der Waals surface area (Å²) in [6.45, 7) is 2.72. The first-order valence-electron chi connectivity index (χ1n) is 5.22. The van der Waals surface area contributed by atoms with Crippen molar-refractivity contribution in [2.45, 2.75) is 19.9 Å². The van der Waals surface area contributed by atoms with Gasteiger partial charge in [0.2, 0.25) is 0 Å². The van der Waals surface area contributed by atoms with Crippen molar-refractivity contribution in [2.75, 3.05) is 0 Å². The van der Waals surface area contributed by atoms with Gasteiger partial charge < -0.3 is 4.42 Å². The van der Waals surface area contributed by atoms with E-state index >= 15 is 0 Å². The molecule has 1 aliphatic rings. The van der Waals surface area contributed by atoms with Crippen LogP contribution in [-0.2, 0) is 13.0 Å². The number of rotatable bonds is 2. The largest absolute Gasteiger partial charge is 0.469 e. The van der Waals surface area contributed by atoms with Gasteiger partial charge in [-0.1, -0.05) is 0 Å². The summed E-state index contributed by atoms with van der Waals surface area (Å²) in [6, 6.07) is 3.83. The van der Waals surface area contributed by atoms with E-state index in [0.29, 0.717) is 13.0 Å². The fourth-order valence-electron chi connectivity index (χ4n) is 1.94. The van der Waals surface area contributed by atoms with Crippen molar-refractivity contribution in [1.29, 1.82) is 0 Å². The molecule has 0 atom stereocenters. The van der Waals surface area contributed by atoms with Crippen molar-refractivity contribution >= 4 is 5.71 Å². The van der Waals surface area contributed by atoms with Crippen LogP contribution in [-0.4, -0.2) is 15.9 Å². The molecule has 0 radical (unpaired) electrons. The van der Waals surface area contributed by atoms with Gasteiger partial charge in [-0.05, 0) is 19.1 Å². The molecule has 0 aliphatic carbocycles. The van der Waals surface area contributed by atoms with Crippen molar-refractivity contribution in [1.82, 2.24) is 10.2 Å². The second-order valence-electron chi connectivity index (χ2n) is 3.84. The Hall–Kier alpha value is -1.97. The van der Waals surface area contributed by atoms with Crippen LogP contribution >= 0.6 is 0 Å². The molecule has 4 heteroatoms. The topological polar surface area (TPSA) is 51.3 Å². The van der Waals surface area contributed by atoms with Gasteiger partial charge in [0.05, 0.1) is 31.1 Å². The van der Waals surface area contributed by atoms with Crippen molar-refractivity contribution in [3.63, 3.8) is 0 Å². The lowest BCUT2D eigenvalue weighted by Crippen LogP contribution is -2.03. The van der Waals surface area contributed by atoms with Gasteiger partial charge in [0.25, 0.3) is 0 Å². The molecule has 0 amide bonds. The number of hydrogen-bond donors (Lipinski definition) is 0. The minimum atomic E-state index is 0.686. The number of fused-ring (bicyclic) bond motifs is 1. The first-order valence-corrected chi connectivity index (χ1v) is 5.22. The number of nitrogens with zero attached hydrogens (tertiary/aromatic N) is 3. The van der Waals surface area contributed by atoms with Gasteiger partial charge in [-0.3, -0.25) is 4.99 Å². The highest BCUT2D eigenvalue weighted by molar-refractivity contribution is 6.01. The maximum Gasteiger partial charge on any atom is 0.109 e. The Morgan fingerprint density at radius 2 is 2.38 bits per heavy atom. The predicted octanol–water partition coefficient (Wildman–Crippen LogP) is 1.98. The smallest absolute Gasteiger partial charge is 0.109 e. The summed E-state index contributed by atoms with van der Waals surface area (Å²) in [6.07, 6.45) is 4.15. The van der Waals surface area contributed by atoms with E-state index in [1.165, 1.54) is 5.56 Å². The number of aliphatic imine (C=N–C) groups is 1. The molecule has 1 aliphatic heterocycles. The Morgan fingerprint density at radius 1 is 1.44 bits per heavy atom. The minimum absolute atomic E-state index is 0.686. The molecule has 2 aromatic heterocycles. The van der Waals surface area contributed by atoms with Gasteiger partial charge in [-0.25, -0.2) is 0 Å². The second-order valence-corrected chi connectivity index (χ2v) is 3.84. The highest BCUT2D eigenvalue weighted by Gasteiger charge is 2.18. The predicted molar refractivity (Wildman–Crippen MR) is 59.5 cm³/mol. The summed E-state index contributed by atoms with van der Waals surface area (Å²) in [5, 5.41) is 8.19. The third-order valence-electron chi connectivity index (χ3n) is 2.82. The Labute approximate surface area is 93.0 Å². The van der Waals surface area contributed by atoms with E-state index in [-0.39, 0.29) is 0 Å². The Balaban J connectivity index is 1.98. The number of furan rings is 1. The Bertz CT molecular complexity index is 543. The van der Waals surface area contributed by atoms with Crippen LogP contribution in [0.2, 0.25) is 0 Å². The molecule has 3 rings (SSSR count). The van der Waals surface area contributed by atoms with Crippen molar-refractivity contribution in [3.8, 4) is 0 Å². The van der Waals surface area contributed by atoms with Gasteiger partial charge in [-0.2, -0.15) is 10.2 Å². The molecular weight excluding hydrogens is 202 g/mol. The molecule has 80 valence electrons. The maximum absolute atomic E-state index is 5.32. The summed E-state index contributed by atoms with van der Waals surface area (Å²) in [7, 11) is 0. The standard InChI is InChI=1S/C12H11N3O/c1-8-10-7-14-15-12(11(10)6-13-8)5-9-3-2-4-16-9/h2-4,7H,5-6H2,1H3. The highest BCUT2D eigenvalue weighted by atomic mass is 16.3. The molecule has 0 saturated carbocycles. The fourth-order valence-corrected chi connectivity index (χ4v) is 1.94. The minimum Gasteiger partial charge on any atom is -0.469 e. The molecule has 0 unspecified atom stereocenters. The van der Waals surface area contributed by atoms with E-state index in [4.69, 9.17) is 4.42 Å². The molecular formula is C12H11N3O. The van der Waals surface area contributed by atoms with Crippen LogP contribution in [0.4, 0.5) is 0 Å². The summed E-state index contributed by atoms with van der Waals surface area (Å²) in [4.78, 5) is 4.40. The lowest BCUT2D eigenvalue weighted by atomic mass is 10.1. The molecule has 0 saturated heterocycles. The summed E-state index contributed by atoms with van der Waals surface area (Å²) in [5.74, 6) is 0.909. The molecule has 0 fully saturated rings. The molecule has 16 heavy (non-hydrogen) atoms. The van der Waals surface area contributed by atoms with Crippen LogP contribution in [0.5, 0.6) is 0 Å². The lowest BCUT2D eigenvalue weighted by Gasteiger charge is -2.03. The zero-order valence-corrected chi connectivity index (χ0v) is 8.97. The zero-order chi connectivity index (χ0) is 11.0. The van der Waals surface area contributed by atoms with Gasteiger partial charge in [0, 0.05) is 16.8 Å². The van der Waals surface area contributed by atoms with E-state index in [2.05, 4.69) is 15.2 Å². The van der Waals surface area contributed by atoms with E-state index in [1.807, 2.05) is 19.1 Å². The average molecular weight is 213 g/mol. The third-order valence-corrected chi connectivity index (χ3v) is 2.82. The van der Waals surface area contributed by atoms with Crippen LogP contribution in [0, 0.1) is 0 Å².